The van der Waals surface area contributed by atoms with E-state index in [1.165, 1.54) is 49.7 Å². The molecule has 4 aromatic carbocycles. The van der Waals surface area contributed by atoms with Crippen LogP contribution in [0.15, 0.2) is 96.6 Å². The minimum absolute atomic E-state index is 0.444. The Hall–Kier alpha value is -2.69. The lowest BCUT2D eigenvalue weighted by molar-refractivity contribution is 0.754. The molecule has 0 heterocycles. The highest BCUT2D eigenvalue weighted by molar-refractivity contribution is 7.18. The van der Waals surface area contributed by atoms with Crippen LogP contribution in [0.4, 0.5) is 0 Å². The molecule has 0 N–H and O–H groups in total. The lowest BCUT2D eigenvalue weighted by Gasteiger charge is -2.33. The third-order valence-corrected chi connectivity index (χ3v) is 7.47. The van der Waals surface area contributed by atoms with E-state index >= 15 is 0 Å². The van der Waals surface area contributed by atoms with Gasteiger partial charge in [-0.3, -0.25) is 0 Å². The predicted octanol–water partition coefficient (Wildman–Crippen LogP) is 7.69. The topological polar surface area (TPSA) is 0 Å². The van der Waals surface area contributed by atoms with Crippen LogP contribution in [0, 0.1) is 0 Å². The quantitative estimate of drug-likeness (QED) is 0.307. The summed E-state index contributed by atoms with van der Waals surface area (Å²) in [5.41, 5.74) is 10.00. The van der Waals surface area contributed by atoms with E-state index in [1.54, 1.807) is 0 Å². The fraction of sp³-hybridized carbons (Fsp3) is 0.143. The molecule has 0 nitrogen and oxygen atoms in total. The normalized spacial score (nSPS) is 18.7. The Balaban J connectivity index is 1.85. The Morgan fingerprint density at radius 1 is 0.690 bits per heavy atom. The zero-order valence-electron chi connectivity index (χ0n) is 16.9. The Kier molecular flexibility index (Phi) is 4.61. The van der Waals surface area contributed by atoms with Gasteiger partial charge in [0.25, 0.3) is 0 Å². The molecule has 29 heavy (non-hydrogen) atoms. The highest BCUT2D eigenvalue weighted by atomic mass is 31.0. The fourth-order valence-electron chi connectivity index (χ4n) is 4.74. The SMILES string of the molecule is CC1=C(c2cc(-c3ccccc3)cc3ccccc23)c2ccccc2C(C)C1P. The van der Waals surface area contributed by atoms with Gasteiger partial charge in [-0.1, -0.05) is 91.4 Å². The van der Waals surface area contributed by atoms with E-state index in [2.05, 4.69) is 114 Å². The van der Waals surface area contributed by atoms with Crippen molar-refractivity contribution in [2.24, 2.45) is 0 Å². The molecule has 0 aliphatic heterocycles. The number of fused-ring (bicyclic) bond motifs is 2. The summed E-state index contributed by atoms with van der Waals surface area (Å²) >= 11 is 0. The van der Waals surface area contributed by atoms with E-state index in [0.717, 1.165) is 0 Å². The molecule has 3 unspecified atom stereocenters. The molecule has 0 bridgehead atoms. The van der Waals surface area contributed by atoms with Gasteiger partial charge in [-0.2, -0.15) is 0 Å². The molecule has 0 radical (unpaired) electrons. The lowest BCUT2D eigenvalue weighted by Crippen LogP contribution is -2.19. The van der Waals surface area contributed by atoms with E-state index in [4.69, 9.17) is 0 Å². The zero-order valence-corrected chi connectivity index (χ0v) is 18.0. The van der Waals surface area contributed by atoms with Gasteiger partial charge in [0.2, 0.25) is 0 Å². The second kappa shape index (κ2) is 7.29. The maximum Gasteiger partial charge on any atom is 0.00171 e. The fourth-order valence-corrected chi connectivity index (χ4v) is 5.12. The Morgan fingerprint density at radius 2 is 1.38 bits per heavy atom. The van der Waals surface area contributed by atoms with Gasteiger partial charge in [-0.15, -0.1) is 9.24 Å². The van der Waals surface area contributed by atoms with Gasteiger partial charge >= 0.3 is 0 Å². The molecule has 0 spiro atoms. The summed E-state index contributed by atoms with van der Waals surface area (Å²) in [5.74, 6) is 0.503. The first-order chi connectivity index (χ1) is 14.1. The van der Waals surface area contributed by atoms with E-state index < -0.39 is 0 Å². The monoisotopic (exact) mass is 392 g/mol. The molecular weight excluding hydrogens is 367 g/mol. The van der Waals surface area contributed by atoms with Crippen LogP contribution in [0.2, 0.25) is 0 Å². The Labute approximate surface area is 175 Å². The summed E-state index contributed by atoms with van der Waals surface area (Å²) < 4.78 is 0. The van der Waals surface area contributed by atoms with Crippen LogP contribution >= 0.6 is 9.24 Å². The van der Waals surface area contributed by atoms with Crippen LogP contribution in [0.5, 0.6) is 0 Å². The van der Waals surface area contributed by atoms with Crippen LogP contribution < -0.4 is 0 Å². The van der Waals surface area contributed by atoms with Gasteiger partial charge in [0.15, 0.2) is 0 Å². The molecule has 0 saturated carbocycles. The molecule has 142 valence electrons. The largest absolute Gasteiger partial charge is 0.129 e. The van der Waals surface area contributed by atoms with Gasteiger partial charge in [0.1, 0.15) is 0 Å². The molecule has 1 heteroatoms. The molecule has 1 aliphatic carbocycles. The van der Waals surface area contributed by atoms with Crippen molar-refractivity contribution in [3.63, 3.8) is 0 Å². The first-order valence-electron chi connectivity index (χ1n) is 10.3. The van der Waals surface area contributed by atoms with E-state index in [9.17, 15) is 0 Å². The second-order valence-corrected chi connectivity index (χ2v) is 8.79. The third kappa shape index (κ3) is 3.04. The van der Waals surface area contributed by atoms with Gasteiger partial charge in [-0.25, -0.2) is 0 Å². The van der Waals surface area contributed by atoms with Crippen LogP contribution in [-0.2, 0) is 0 Å². The standard InChI is InChI=1S/C28H25P/c1-18-23-13-8-9-15-25(23)27(19(2)28(18)29)26-17-22(20-10-4-3-5-11-20)16-21-12-6-7-14-24(21)26/h3-18,28H,29H2,1-2H3. The van der Waals surface area contributed by atoms with Crippen LogP contribution in [0.3, 0.4) is 0 Å². The van der Waals surface area contributed by atoms with E-state index in [-0.39, 0.29) is 0 Å². The molecule has 0 saturated heterocycles. The summed E-state index contributed by atoms with van der Waals surface area (Å²) in [6.45, 7) is 4.65. The number of allylic oxidation sites excluding steroid dienone is 1. The Bertz CT molecular complexity index is 1230. The Morgan fingerprint density at radius 3 is 2.21 bits per heavy atom. The number of rotatable bonds is 2. The second-order valence-electron chi connectivity index (χ2n) is 8.07. The van der Waals surface area contributed by atoms with Gasteiger partial charge in [-0.05, 0) is 69.1 Å². The van der Waals surface area contributed by atoms with E-state index in [0.29, 0.717) is 11.6 Å². The number of hydrogen-bond acceptors (Lipinski definition) is 0. The highest BCUT2D eigenvalue weighted by Gasteiger charge is 2.29. The van der Waals surface area contributed by atoms with Crippen molar-refractivity contribution in [2.45, 2.75) is 25.4 Å². The van der Waals surface area contributed by atoms with Crippen molar-refractivity contribution >= 4 is 25.6 Å². The molecule has 5 rings (SSSR count). The van der Waals surface area contributed by atoms with Crippen LogP contribution in [0.25, 0.3) is 27.5 Å². The number of hydrogen-bond donors (Lipinski definition) is 0. The summed E-state index contributed by atoms with van der Waals surface area (Å²) in [4.78, 5) is 0. The number of benzene rings is 4. The summed E-state index contributed by atoms with van der Waals surface area (Å²) in [6, 6.07) is 33.1. The van der Waals surface area contributed by atoms with E-state index in [1.807, 2.05) is 0 Å². The first-order valence-corrected chi connectivity index (χ1v) is 11.0. The van der Waals surface area contributed by atoms with Gasteiger partial charge in [0, 0.05) is 5.66 Å². The highest BCUT2D eigenvalue weighted by Crippen LogP contribution is 2.46. The average Bonchev–Trinajstić information content (AvgIpc) is 2.78. The molecule has 0 fully saturated rings. The van der Waals surface area contributed by atoms with Crippen molar-refractivity contribution in [1.29, 1.82) is 0 Å². The zero-order chi connectivity index (χ0) is 20.0. The van der Waals surface area contributed by atoms with Crippen LogP contribution in [0.1, 0.15) is 36.5 Å². The molecule has 0 aromatic heterocycles. The lowest BCUT2D eigenvalue weighted by atomic mass is 9.76. The summed E-state index contributed by atoms with van der Waals surface area (Å²) in [6.07, 6.45) is 0. The minimum Gasteiger partial charge on any atom is -0.129 e. The van der Waals surface area contributed by atoms with Crippen molar-refractivity contribution in [1.82, 2.24) is 0 Å². The summed E-state index contributed by atoms with van der Waals surface area (Å²) in [5, 5.41) is 2.61. The van der Waals surface area contributed by atoms with Crippen molar-refractivity contribution in [3.05, 3.63) is 113 Å². The average molecular weight is 392 g/mol. The van der Waals surface area contributed by atoms with Gasteiger partial charge in [0.05, 0.1) is 0 Å². The molecule has 0 amide bonds. The van der Waals surface area contributed by atoms with Crippen molar-refractivity contribution in [3.8, 4) is 11.1 Å². The first kappa shape index (κ1) is 18.3. The minimum atomic E-state index is 0.444. The molecule has 3 atom stereocenters. The van der Waals surface area contributed by atoms with Gasteiger partial charge < -0.3 is 0 Å². The smallest absolute Gasteiger partial charge is 0.00171 e. The summed E-state index contributed by atoms with van der Waals surface area (Å²) in [7, 11) is 3.10. The van der Waals surface area contributed by atoms with Crippen molar-refractivity contribution < 1.29 is 0 Å². The molecule has 1 aliphatic rings. The molecule has 4 aromatic rings. The maximum absolute atomic E-state index is 3.10. The third-order valence-electron chi connectivity index (χ3n) is 6.39. The maximum atomic E-state index is 3.10. The van der Waals surface area contributed by atoms with Crippen LogP contribution in [-0.4, -0.2) is 5.66 Å². The van der Waals surface area contributed by atoms with Crippen molar-refractivity contribution in [2.75, 3.05) is 0 Å². The predicted molar refractivity (Wildman–Crippen MR) is 129 cm³/mol. The molecular formula is C28H25P.